The molecule has 1 aliphatic rings. The van der Waals surface area contributed by atoms with E-state index in [0.29, 0.717) is 11.1 Å². The van der Waals surface area contributed by atoms with Crippen molar-refractivity contribution in [3.8, 4) is 0 Å². The lowest BCUT2D eigenvalue weighted by atomic mass is 9.96. The SMILES string of the molecule is CC(=O)OC[C@H]1O[C@H](OC[C@H](NC(=O)OCc2ccccc2)C(=O)OCc2ccccc2)[C@H](NC(=O)OC(C)(C)C)[C@@H](OC(C)=O)[C@H]1OC(C)=O. The Kier molecular flexibility index (Phi) is 15.2. The molecule has 0 saturated carbocycles. The number of amides is 2. The van der Waals surface area contributed by atoms with Crippen molar-refractivity contribution in [3.63, 3.8) is 0 Å². The number of carbonyl (C=O) groups is 6. The van der Waals surface area contributed by atoms with E-state index >= 15 is 0 Å². The fourth-order valence-electron chi connectivity index (χ4n) is 4.74. The summed E-state index contributed by atoms with van der Waals surface area (Å²) in [5, 5.41) is 4.96. The van der Waals surface area contributed by atoms with Crippen molar-refractivity contribution in [1.82, 2.24) is 10.6 Å². The van der Waals surface area contributed by atoms with Crippen molar-refractivity contribution >= 4 is 36.1 Å². The summed E-state index contributed by atoms with van der Waals surface area (Å²) in [6.07, 6.45) is -7.73. The number of carbonyl (C=O) groups excluding carboxylic acids is 6. The molecule has 2 aromatic rings. The average molecular weight is 717 g/mol. The molecule has 3 rings (SSSR count). The van der Waals surface area contributed by atoms with E-state index in [0.717, 1.165) is 20.8 Å². The van der Waals surface area contributed by atoms with Gasteiger partial charge in [0, 0.05) is 20.8 Å². The van der Waals surface area contributed by atoms with Crippen LogP contribution in [0.4, 0.5) is 9.59 Å². The standard InChI is InChI=1S/C35H44N2O14/c1-21(38)44-20-27-29(48-22(2)39)30(49-23(3)40)28(37-34(43)51-35(4,5)6)32(50-27)46-19-26(31(41)45-17-24-13-9-7-10-14-24)36-33(42)47-18-25-15-11-8-12-16-25/h7-16,26-30,32H,17-20H2,1-6H3,(H,36,42)(H,37,43)/t26-,27+,28+,29-,30+,32-/m0/s1. The molecule has 51 heavy (non-hydrogen) atoms. The Hall–Kier alpha value is -5.22. The van der Waals surface area contributed by atoms with Gasteiger partial charge >= 0.3 is 36.1 Å². The maximum Gasteiger partial charge on any atom is 0.408 e. The monoisotopic (exact) mass is 716 g/mol. The maximum absolute atomic E-state index is 13.4. The lowest BCUT2D eigenvalue weighted by Crippen LogP contribution is -2.67. The van der Waals surface area contributed by atoms with Gasteiger partial charge in [0.25, 0.3) is 0 Å². The zero-order valence-electron chi connectivity index (χ0n) is 29.3. The third-order valence-corrected chi connectivity index (χ3v) is 6.83. The Labute approximate surface area is 295 Å². The van der Waals surface area contributed by atoms with Gasteiger partial charge in [-0.3, -0.25) is 14.4 Å². The van der Waals surface area contributed by atoms with Crippen LogP contribution in [0.3, 0.4) is 0 Å². The molecule has 0 spiro atoms. The van der Waals surface area contributed by atoms with Crippen LogP contribution in [0.5, 0.6) is 0 Å². The summed E-state index contributed by atoms with van der Waals surface area (Å²) in [5.74, 6) is -3.24. The highest BCUT2D eigenvalue weighted by Crippen LogP contribution is 2.28. The second kappa shape index (κ2) is 19.2. The van der Waals surface area contributed by atoms with E-state index in [4.69, 9.17) is 37.9 Å². The smallest absolute Gasteiger partial charge is 0.408 e. The minimum Gasteiger partial charge on any atom is -0.463 e. The molecule has 0 aliphatic carbocycles. The van der Waals surface area contributed by atoms with E-state index in [2.05, 4.69) is 10.6 Å². The van der Waals surface area contributed by atoms with Crippen molar-refractivity contribution in [2.45, 2.75) is 97.0 Å². The number of esters is 4. The minimum atomic E-state index is -1.58. The third kappa shape index (κ3) is 14.3. The zero-order chi connectivity index (χ0) is 37.6. The van der Waals surface area contributed by atoms with Crippen molar-refractivity contribution < 1.29 is 66.7 Å². The highest BCUT2D eigenvalue weighted by Gasteiger charge is 2.52. The van der Waals surface area contributed by atoms with Gasteiger partial charge in [0.1, 0.15) is 37.6 Å². The van der Waals surface area contributed by atoms with Crippen LogP contribution in [0.1, 0.15) is 52.7 Å². The Morgan fingerprint density at radius 2 is 1.27 bits per heavy atom. The molecule has 0 radical (unpaired) electrons. The summed E-state index contributed by atoms with van der Waals surface area (Å²) >= 11 is 0. The van der Waals surface area contributed by atoms with E-state index in [1.165, 1.54) is 0 Å². The van der Waals surface area contributed by atoms with Gasteiger partial charge in [-0.1, -0.05) is 60.7 Å². The fourth-order valence-corrected chi connectivity index (χ4v) is 4.74. The van der Waals surface area contributed by atoms with Crippen LogP contribution in [0.25, 0.3) is 0 Å². The van der Waals surface area contributed by atoms with Crippen LogP contribution in [-0.4, -0.2) is 91.6 Å². The number of rotatable bonds is 14. The van der Waals surface area contributed by atoms with Gasteiger partial charge in [0.2, 0.25) is 0 Å². The van der Waals surface area contributed by atoms with Gasteiger partial charge < -0.3 is 48.5 Å². The molecule has 6 atom stereocenters. The van der Waals surface area contributed by atoms with Crippen LogP contribution in [0, 0.1) is 0 Å². The normalized spacial score (nSPS) is 20.5. The average Bonchev–Trinajstić information content (AvgIpc) is 3.05. The fraction of sp³-hybridized carbons (Fsp3) is 0.486. The first kappa shape index (κ1) is 40.2. The topological polar surface area (TPSA) is 200 Å². The number of benzene rings is 2. The summed E-state index contributed by atoms with van der Waals surface area (Å²) in [4.78, 5) is 75.4. The summed E-state index contributed by atoms with van der Waals surface area (Å²) in [6.45, 7) is 6.82. The summed E-state index contributed by atoms with van der Waals surface area (Å²) in [6, 6.07) is 14.7. The highest BCUT2D eigenvalue weighted by molar-refractivity contribution is 5.81. The molecule has 2 N–H and O–H groups in total. The van der Waals surface area contributed by atoms with Crippen LogP contribution in [0.2, 0.25) is 0 Å². The maximum atomic E-state index is 13.4. The molecule has 16 nitrogen and oxygen atoms in total. The number of hydrogen-bond acceptors (Lipinski definition) is 14. The van der Waals surface area contributed by atoms with Crippen LogP contribution < -0.4 is 10.6 Å². The second-order valence-corrected chi connectivity index (χ2v) is 12.4. The Morgan fingerprint density at radius 1 is 0.725 bits per heavy atom. The quantitative estimate of drug-likeness (QED) is 0.213. The van der Waals surface area contributed by atoms with E-state index in [1.54, 1.807) is 81.4 Å². The first-order valence-corrected chi connectivity index (χ1v) is 16.0. The number of ether oxygens (including phenoxy) is 8. The summed E-state index contributed by atoms with van der Waals surface area (Å²) in [5.41, 5.74) is 0.400. The van der Waals surface area contributed by atoms with E-state index in [-0.39, 0.29) is 13.2 Å². The lowest BCUT2D eigenvalue weighted by Gasteiger charge is -2.45. The summed E-state index contributed by atoms with van der Waals surface area (Å²) < 4.78 is 44.3. The van der Waals surface area contributed by atoms with E-state index in [1.807, 2.05) is 0 Å². The molecule has 1 aliphatic heterocycles. The predicted octanol–water partition coefficient (Wildman–Crippen LogP) is 3.09. The second-order valence-electron chi connectivity index (χ2n) is 12.4. The lowest BCUT2D eigenvalue weighted by molar-refractivity contribution is -0.278. The molecular weight excluding hydrogens is 672 g/mol. The molecular formula is C35H44N2O14. The molecule has 1 heterocycles. The molecule has 278 valence electrons. The Balaban J connectivity index is 1.92. The number of alkyl carbamates (subject to hydrolysis) is 2. The molecule has 0 unspecified atom stereocenters. The van der Waals surface area contributed by atoms with Crippen molar-refractivity contribution in [1.29, 1.82) is 0 Å². The van der Waals surface area contributed by atoms with Crippen LogP contribution >= 0.6 is 0 Å². The zero-order valence-corrected chi connectivity index (χ0v) is 29.3. The Bertz CT molecular complexity index is 1480. The molecule has 2 aromatic carbocycles. The van der Waals surface area contributed by atoms with Crippen molar-refractivity contribution in [2.75, 3.05) is 13.2 Å². The molecule has 1 fully saturated rings. The first-order chi connectivity index (χ1) is 24.1. The minimum absolute atomic E-state index is 0.105. The molecule has 1 saturated heterocycles. The van der Waals surface area contributed by atoms with E-state index in [9.17, 15) is 28.8 Å². The van der Waals surface area contributed by atoms with Crippen molar-refractivity contribution in [2.24, 2.45) is 0 Å². The van der Waals surface area contributed by atoms with Crippen LogP contribution in [-0.2, 0) is 70.3 Å². The van der Waals surface area contributed by atoms with Gasteiger partial charge in [-0.05, 0) is 31.9 Å². The van der Waals surface area contributed by atoms with Gasteiger partial charge in [-0.25, -0.2) is 14.4 Å². The third-order valence-electron chi connectivity index (χ3n) is 6.83. The van der Waals surface area contributed by atoms with Gasteiger partial charge in [-0.2, -0.15) is 0 Å². The summed E-state index contributed by atoms with van der Waals surface area (Å²) in [7, 11) is 0. The first-order valence-electron chi connectivity index (χ1n) is 16.0. The van der Waals surface area contributed by atoms with Gasteiger partial charge in [-0.15, -0.1) is 0 Å². The molecule has 2 amide bonds. The predicted molar refractivity (Wildman–Crippen MR) is 175 cm³/mol. The molecule has 16 heteroatoms. The largest absolute Gasteiger partial charge is 0.463 e. The van der Waals surface area contributed by atoms with Crippen LogP contribution in [0.15, 0.2) is 60.7 Å². The molecule has 0 aromatic heterocycles. The molecule has 0 bridgehead atoms. The van der Waals surface area contributed by atoms with Gasteiger partial charge in [0.05, 0.1) is 6.61 Å². The van der Waals surface area contributed by atoms with Crippen molar-refractivity contribution in [3.05, 3.63) is 71.8 Å². The highest BCUT2D eigenvalue weighted by atomic mass is 16.7. The number of nitrogens with one attached hydrogen (secondary N) is 2. The van der Waals surface area contributed by atoms with E-state index < -0.39 is 91.6 Å². The van der Waals surface area contributed by atoms with Gasteiger partial charge in [0.15, 0.2) is 24.5 Å². The Morgan fingerprint density at radius 3 is 1.80 bits per heavy atom. The number of hydrogen-bond donors (Lipinski definition) is 2.